The van der Waals surface area contributed by atoms with Crippen molar-refractivity contribution in [3.63, 3.8) is 0 Å². The van der Waals surface area contributed by atoms with Crippen molar-refractivity contribution in [2.24, 2.45) is 0 Å². The van der Waals surface area contributed by atoms with Gasteiger partial charge in [0.2, 0.25) is 5.91 Å². The second-order valence-corrected chi connectivity index (χ2v) is 3.63. The largest absolute Gasteiger partial charge is 0.391 e. The molecule has 1 N–H and O–H groups in total. The number of alkyl halides is 1. The highest BCUT2D eigenvalue weighted by Gasteiger charge is 2.27. The van der Waals surface area contributed by atoms with E-state index in [4.69, 9.17) is 16.7 Å². The summed E-state index contributed by atoms with van der Waals surface area (Å²) in [5, 5.41) is 8.74. The summed E-state index contributed by atoms with van der Waals surface area (Å²) in [5.41, 5.74) is 0. The van der Waals surface area contributed by atoms with Crippen LogP contribution in [0.5, 0.6) is 0 Å². The average molecular weight is 192 g/mol. The molecule has 0 aromatic rings. The fraction of sp³-hybridized carbons (Fsp3) is 0.875. The molecule has 1 rings (SSSR count). The first kappa shape index (κ1) is 9.81. The van der Waals surface area contributed by atoms with Crippen LogP contribution in [0.4, 0.5) is 0 Å². The van der Waals surface area contributed by atoms with Crippen molar-refractivity contribution in [2.45, 2.75) is 31.2 Å². The van der Waals surface area contributed by atoms with Crippen LogP contribution >= 0.6 is 11.6 Å². The minimum absolute atomic E-state index is 0.0456. The van der Waals surface area contributed by atoms with Crippen LogP contribution in [0.3, 0.4) is 0 Å². The lowest BCUT2D eigenvalue weighted by molar-refractivity contribution is -0.130. The molecule has 12 heavy (non-hydrogen) atoms. The van der Waals surface area contributed by atoms with Gasteiger partial charge in [0.1, 0.15) is 5.38 Å². The van der Waals surface area contributed by atoms with Crippen LogP contribution in [0, 0.1) is 0 Å². The maximum absolute atomic E-state index is 11.4. The van der Waals surface area contributed by atoms with Gasteiger partial charge in [-0.3, -0.25) is 4.79 Å². The predicted octanol–water partition coefficient (Wildman–Crippen LogP) is 0.597. The lowest BCUT2D eigenvalue weighted by Crippen LogP contribution is -2.35. The van der Waals surface area contributed by atoms with E-state index in [0.717, 1.165) is 0 Å². The number of carbonyl (C=O) groups is 1. The standard InChI is InChI=1S/C8H14ClNO2/c1-2-7(9)8(12)10-4-3-6(11)5-10/h6-7,11H,2-5H2,1H3/t6-,7-/m1/s1. The molecule has 2 atom stereocenters. The minimum Gasteiger partial charge on any atom is -0.391 e. The molecule has 1 fully saturated rings. The molecule has 0 spiro atoms. The van der Waals surface area contributed by atoms with Crippen LogP contribution in [0.2, 0.25) is 0 Å². The maximum atomic E-state index is 11.4. The van der Waals surface area contributed by atoms with Crippen molar-refractivity contribution in [1.82, 2.24) is 4.90 Å². The van der Waals surface area contributed by atoms with Crippen molar-refractivity contribution < 1.29 is 9.90 Å². The van der Waals surface area contributed by atoms with E-state index in [-0.39, 0.29) is 12.0 Å². The number of amides is 1. The zero-order valence-electron chi connectivity index (χ0n) is 7.16. The van der Waals surface area contributed by atoms with Crippen LogP contribution in [0.25, 0.3) is 0 Å². The molecule has 0 bridgehead atoms. The highest BCUT2D eigenvalue weighted by Crippen LogP contribution is 2.13. The molecular formula is C8H14ClNO2. The number of carbonyl (C=O) groups excluding carboxylic acids is 1. The van der Waals surface area contributed by atoms with E-state index in [9.17, 15) is 4.79 Å². The van der Waals surface area contributed by atoms with Gasteiger partial charge in [-0.1, -0.05) is 6.92 Å². The van der Waals surface area contributed by atoms with E-state index >= 15 is 0 Å². The van der Waals surface area contributed by atoms with Crippen LogP contribution in [-0.2, 0) is 4.79 Å². The first-order valence-corrected chi connectivity index (χ1v) is 4.69. The molecule has 4 heteroatoms. The monoisotopic (exact) mass is 191 g/mol. The Kier molecular flexibility index (Phi) is 3.35. The third-order valence-electron chi connectivity index (χ3n) is 2.10. The van der Waals surface area contributed by atoms with Gasteiger partial charge >= 0.3 is 0 Å². The number of aliphatic hydroxyl groups excluding tert-OH is 1. The maximum Gasteiger partial charge on any atom is 0.240 e. The average Bonchev–Trinajstić information content (AvgIpc) is 2.49. The number of nitrogens with zero attached hydrogens (tertiary/aromatic N) is 1. The zero-order valence-corrected chi connectivity index (χ0v) is 7.92. The summed E-state index contributed by atoms with van der Waals surface area (Å²) in [6, 6.07) is 0. The quantitative estimate of drug-likeness (QED) is 0.650. The fourth-order valence-electron chi connectivity index (χ4n) is 1.31. The topological polar surface area (TPSA) is 40.5 Å². The van der Waals surface area contributed by atoms with Crippen LogP contribution in [0.15, 0.2) is 0 Å². The van der Waals surface area contributed by atoms with E-state index in [2.05, 4.69) is 0 Å². The molecule has 1 aliphatic rings. The van der Waals surface area contributed by atoms with Gasteiger partial charge in [0.25, 0.3) is 0 Å². The van der Waals surface area contributed by atoms with Gasteiger partial charge in [-0.2, -0.15) is 0 Å². The molecule has 0 unspecified atom stereocenters. The second kappa shape index (κ2) is 4.10. The van der Waals surface area contributed by atoms with E-state index in [1.54, 1.807) is 4.90 Å². The van der Waals surface area contributed by atoms with Crippen LogP contribution in [-0.4, -0.2) is 40.5 Å². The van der Waals surface area contributed by atoms with E-state index in [1.165, 1.54) is 0 Å². The van der Waals surface area contributed by atoms with Crippen molar-refractivity contribution in [2.75, 3.05) is 13.1 Å². The Morgan fingerprint density at radius 3 is 2.92 bits per heavy atom. The number of halogens is 1. The summed E-state index contributed by atoms with van der Waals surface area (Å²) in [6.07, 6.45) is 0.973. The summed E-state index contributed by atoms with van der Waals surface area (Å²) >= 11 is 5.77. The lowest BCUT2D eigenvalue weighted by Gasteiger charge is -2.17. The fourth-order valence-corrected chi connectivity index (χ4v) is 1.45. The Balaban J connectivity index is 2.43. The molecule has 0 radical (unpaired) electrons. The Morgan fingerprint density at radius 1 is 1.83 bits per heavy atom. The molecule has 1 heterocycles. The number of hydrogen-bond donors (Lipinski definition) is 1. The summed E-state index contributed by atoms with van der Waals surface area (Å²) in [4.78, 5) is 13.0. The number of aliphatic hydroxyl groups is 1. The Labute approximate surface area is 77.3 Å². The lowest BCUT2D eigenvalue weighted by atomic mass is 10.3. The summed E-state index contributed by atoms with van der Waals surface area (Å²) in [5.74, 6) is -0.0456. The van der Waals surface area contributed by atoms with Gasteiger partial charge in [-0.15, -0.1) is 11.6 Å². The van der Waals surface area contributed by atoms with E-state index in [1.807, 2.05) is 6.92 Å². The number of hydrogen-bond acceptors (Lipinski definition) is 2. The molecule has 1 aliphatic heterocycles. The molecule has 3 nitrogen and oxygen atoms in total. The first-order chi connectivity index (χ1) is 5.65. The second-order valence-electron chi connectivity index (χ2n) is 3.10. The van der Waals surface area contributed by atoms with Gasteiger partial charge in [-0.05, 0) is 12.8 Å². The Bertz CT molecular complexity index is 174. The van der Waals surface area contributed by atoms with Crippen LogP contribution in [0.1, 0.15) is 19.8 Å². The molecular weight excluding hydrogens is 178 g/mol. The van der Waals surface area contributed by atoms with Crippen LogP contribution < -0.4 is 0 Å². The highest BCUT2D eigenvalue weighted by atomic mass is 35.5. The third kappa shape index (κ3) is 2.11. The molecule has 1 saturated heterocycles. The number of rotatable bonds is 2. The Hall–Kier alpha value is -0.280. The van der Waals surface area contributed by atoms with E-state index in [0.29, 0.717) is 25.9 Å². The number of β-amino-alcohol motifs (C(OH)–C–C–N with tert-alkyl or cyclic N) is 1. The van der Waals surface area contributed by atoms with Gasteiger partial charge in [0.05, 0.1) is 6.10 Å². The molecule has 0 saturated carbocycles. The van der Waals surface area contributed by atoms with E-state index < -0.39 is 5.38 Å². The van der Waals surface area contributed by atoms with Crippen molar-refractivity contribution in [3.05, 3.63) is 0 Å². The summed E-state index contributed by atoms with van der Waals surface area (Å²) in [6.45, 7) is 2.97. The molecule has 1 amide bonds. The van der Waals surface area contributed by atoms with Crippen molar-refractivity contribution in [1.29, 1.82) is 0 Å². The summed E-state index contributed by atoms with van der Waals surface area (Å²) < 4.78 is 0. The normalized spacial score (nSPS) is 25.9. The molecule has 0 aromatic carbocycles. The third-order valence-corrected chi connectivity index (χ3v) is 2.60. The molecule has 0 aromatic heterocycles. The molecule has 70 valence electrons. The SMILES string of the molecule is CC[C@@H](Cl)C(=O)N1CC[C@@H](O)C1. The zero-order chi connectivity index (χ0) is 9.14. The Morgan fingerprint density at radius 2 is 2.50 bits per heavy atom. The summed E-state index contributed by atoms with van der Waals surface area (Å²) in [7, 11) is 0. The highest BCUT2D eigenvalue weighted by molar-refractivity contribution is 6.30. The van der Waals surface area contributed by atoms with Crippen molar-refractivity contribution >= 4 is 17.5 Å². The van der Waals surface area contributed by atoms with Crippen molar-refractivity contribution in [3.8, 4) is 0 Å². The van der Waals surface area contributed by atoms with Gasteiger partial charge in [0.15, 0.2) is 0 Å². The number of likely N-dealkylation sites (tertiary alicyclic amines) is 1. The van der Waals surface area contributed by atoms with Gasteiger partial charge in [-0.25, -0.2) is 0 Å². The molecule has 0 aliphatic carbocycles. The smallest absolute Gasteiger partial charge is 0.240 e. The van der Waals surface area contributed by atoms with Gasteiger partial charge < -0.3 is 10.0 Å². The predicted molar refractivity (Wildman–Crippen MR) is 47.1 cm³/mol. The first-order valence-electron chi connectivity index (χ1n) is 4.26. The van der Waals surface area contributed by atoms with Gasteiger partial charge in [0, 0.05) is 13.1 Å². The minimum atomic E-state index is -0.421.